The molecule has 0 saturated heterocycles. The predicted octanol–water partition coefficient (Wildman–Crippen LogP) is 4.23. The molecule has 0 bridgehead atoms. The van der Waals surface area contributed by atoms with E-state index in [0.717, 1.165) is 0 Å². The molecule has 0 heteroatoms. The van der Waals surface area contributed by atoms with E-state index in [1.165, 1.54) is 27.8 Å². The maximum Gasteiger partial charge on any atom is -0.00932 e. The molecule has 3 rings (SSSR count). The van der Waals surface area contributed by atoms with Gasteiger partial charge in [-0.15, -0.1) is 0 Å². The summed E-state index contributed by atoms with van der Waals surface area (Å²) in [6.07, 6.45) is 4.15. The first-order valence-electron chi connectivity index (χ1n) is 5.43. The fraction of sp³-hybridized carbons (Fsp3) is 0. The van der Waals surface area contributed by atoms with Gasteiger partial charge in [-0.3, -0.25) is 0 Å². The summed E-state index contributed by atoms with van der Waals surface area (Å²) in [4.78, 5) is 0. The van der Waals surface area contributed by atoms with Gasteiger partial charge in [0, 0.05) is 0 Å². The minimum absolute atomic E-state index is 1.20. The van der Waals surface area contributed by atoms with Crippen LogP contribution in [0, 0.1) is 0 Å². The van der Waals surface area contributed by atoms with Crippen LogP contribution in [0.1, 0.15) is 22.3 Å². The zero-order chi connectivity index (χ0) is 11.0. The first-order valence-corrected chi connectivity index (χ1v) is 5.43. The van der Waals surface area contributed by atoms with Gasteiger partial charge in [0.15, 0.2) is 0 Å². The fourth-order valence-corrected chi connectivity index (χ4v) is 2.17. The highest BCUT2D eigenvalue weighted by molar-refractivity contribution is 6.04. The van der Waals surface area contributed by atoms with Crippen LogP contribution < -0.4 is 0 Å². The maximum atomic E-state index is 3.86. The molecule has 76 valence electrons. The van der Waals surface area contributed by atoms with E-state index in [4.69, 9.17) is 0 Å². The quantitative estimate of drug-likeness (QED) is 0.586. The molecule has 0 N–H and O–H groups in total. The van der Waals surface area contributed by atoms with Gasteiger partial charge in [-0.1, -0.05) is 61.2 Å². The van der Waals surface area contributed by atoms with Crippen LogP contribution in [0.5, 0.6) is 0 Å². The van der Waals surface area contributed by atoms with Gasteiger partial charge < -0.3 is 0 Å². The van der Waals surface area contributed by atoms with Gasteiger partial charge in [0.25, 0.3) is 0 Å². The minimum atomic E-state index is 1.20. The average Bonchev–Trinajstić information content (AvgIpc) is 2.31. The molecule has 0 spiro atoms. The van der Waals surface area contributed by atoms with E-state index in [1.54, 1.807) is 0 Å². The summed E-state index contributed by atoms with van der Waals surface area (Å²) in [6, 6.07) is 16.9. The molecule has 16 heavy (non-hydrogen) atoms. The van der Waals surface area contributed by atoms with Crippen molar-refractivity contribution in [3.63, 3.8) is 0 Å². The van der Waals surface area contributed by atoms with E-state index >= 15 is 0 Å². The van der Waals surface area contributed by atoms with Crippen LogP contribution in [0.3, 0.4) is 0 Å². The summed E-state index contributed by atoms with van der Waals surface area (Å²) in [6.45, 7) is 3.86. The zero-order valence-electron chi connectivity index (χ0n) is 8.98. The Balaban J connectivity index is 2.12. The van der Waals surface area contributed by atoms with Gasteiger partial charge in [-0.25, -0.2) is 0 Å². The highest BCUT2D eigenvalue weighted by Crippen LogP contribution is 2.38. The molecule has 0 fully saturated rings. The maximum absolute atomic E-state index is 3.86. The number of benzene rings is 2. The Bertz CT molecular complexity index is 588. The lowest BCUT2D eigenvalue weighted by Gasteiger charge is -2.21. The van der Waals surface area contributed by atoms with Gasteiger partial charge in [-0.05, 0) is 33.9 Å². The van der Waals surface area contributed by atoms with Crippen LogP contribution in [0.4, 0.5) is 0 Å². The standard InChI is InChI=1S/C16H12/c1-2-12-7-3-5-9-14(12)16-11-13-8-4-6-10-15(13)16/h2-11H,1H2. The summed E-state index contributed by atoms with van der Waals surface area (Å²) in [5, 5.41) is 0. The number of rotatable bonds is 2. The largest absolute Gasteiger partial charge is 0.0984 e. The first-order chi connectivity index (χ1) is 7.90. The first kappa shape index (κ1) is 9.17. The normalized spacial score (nSPS) is 12.4. The van der Waals surface area contributed by atoms with Crippen molar-refractivity contribution in [1.82, 2.24) is 0 Å². The van der Waals surface area contributed by atoms with E-state index in [2.05, 4.69) is 55.1 Å². The second kappa shape index (κ2) is 3.49. The van der Waals surface area contributed by atoms with Crippen LogP contribution in [0.2, 0.25) is 0 Å². The second-order valence-corrected chi connectivity index (χ2v) is 3.94. The molecule has 0 atom stereocenters. The molecule has 2 aromatic carbocycles. The average molecular weight is 204 g/mol. The molecule has 0 aromatic heterocycles. The van der Waals surface area contributed by atoms with Crippen molar-refractivity contribution in [2.24, 2.45) is 0 Å². The summed E-state index contributed by atoms with van der Waals surface area (Å²) >= 11 is 0. The van der Waals surface area contributed by atoms with Crippen molar-refractivity contribution in [3.8, 4) is 0 Å². The van der Waals surface area contributed by atoms with Gasteiger partial charge in [-0.2, -0.15) is 0 Å². The van der Waals surface area contributed by atoms with Crippen molar-refractivity contribution < 1.29 is 0 Å². The Labute approximate surface area is 95.6 Å². The van der Waals surface area contributed by atoms with Gasteiger partial charge in [0.05, 0.1) is 0 Å². The zero-order valence-corrected chi connectivity index (χ0v) is 8.98. The van der Waals surface area contributed by atoms with Gasteiger partial charge in [0.1, 0.15) is 0 Å². The molecule has 0 aliphatic heterocycles. The lowest BCUT2D eigenvalue weighted by Crippen LogP contribution is -2.01. The third kappa shape index (κ3) is 1.24. The summed E-state index contributed by atoms with van der Waals surface area (Å²) in [7, 11) is 0. The monoisotopic (exact) mass is 204 g/mol. The van der Waals surface area contributed by atoms with Crippen LogP contribution in [-0.4, -0.2) is 0 Å². The Morgan fingerprint density at radius 3 is 2.25 bits per heavy atom. The Morgan fingerprint density at radius 2 is 1.50 bits per heavy atom. The topological polar surface area (TPSA) is 0 Å². The molecule has 2 aromatic rings. The van der Waals surface area contributed by atoms with Crippen LogP contribution >= 0.6 is 0 Å². The molecule has 0 saturated carbocycles. The van der Waals surface area contributed by atoms with E-state index in [0.29, 0.717) is 0 Å². The van der Waals surface area contributed by atoms with E-state index in [-0.39, 0.29) is 0 Å². The smallest absolute Gasteiger partial charge is 0.00932 e. The van der Waals surface area contributed by atoms with Gasteiger partial charge >= 0.3 is 0 Å². The van der Waals surface area contributed by atoms with Crippen LogP contribution in [-0.2, 0) is 0 Å². The summed E-state index contributed by atoms with van der Waals surface area (Å²) < 4.78 is 0. The Hall–Kier alpha value is -2.08. The Morgan fingerprint density at radius 1 is 0.812 bits per heavy atom. The Kier molecular flexibility index (Phi) is 2.00. The van der Waals surface area contributed by atoms with Crippen molar-refractivity contribution in [3.05, 3.63) is 77.4 Å². The third-order valence-corrected chi connectivity index (χ3v) is 3.02. The molecule has 1 aliphatic rings. The van der Waals surface area contributed by atoms with Crippen molar-refractivity contribution >= 4 is 17.7 Å². The summed E-state index contributed by atoms with van der Waals surface area (Å²) in [5.41, 5.74) is 6.47. The summed E-state index contributed by atoms with van der Waals surface area (Å²) in [5.74, 6) is 0. The molecule has 0 amide bonds. The van der Waals surface area contributed by atoms with Crippen LogP contribution in [0.15, 0.2) is 55.1 Å². The number of fused-ring (bicyclic) bond motifs is 1. The molecule has 1 aliphatic carbocycles. The van der Waals surface area contributed by atoms with E-state index in [1.807, 2.05) is 12.1 Å². The predicted molar refractivity (Wildman–Crippen MR) is 69.9 cm³/mol. The number of hydrogen-bond donors (Lipinski definition) is 0. The van der Waals surface area contributed by atoms with Crippen molar-refractivity contribution in [1.29, 1.82) is 0 Å². The molecule has 0 radical (unpaired) electrons. The second-order valence-electron chi connectivity index (χ2n) is 3.94. The molecule has 0 nitrogen and oxygen atoms in total. The lowest BCUT2D eigenvalue weighted by molar-refractivity contribution is 1.47. The highest BCUT2D eigenvalue weighted by Gasteiger charge is 2.17. The minimum Gasteiger partial charge on any atom is -0.0984 e. The molecule has 0 heterocycles. The molecular weight excluding hydrogens is 192 g/mol. The van der Waals surface area contributed by atoms with Crippen molar-refractivity contribution in [2.75, 3.05) is 0 Å². The van der Waals surface area contributed by atoms with Crippen LogP contribution in [0.25, 0.3) is 17.7 Å². The lowest BCUT2D eigenvalue weighted by atomic mass is 9.82. The fourth-order valence-electron chi connectivity index (χ4n) is 2.17. The third-order valence-electron chi connectivity index (χ3n) is 3.02. The molecular formula is C16H12. The molecule has 0 unspecified atom stereocenters. The van der Waals surface area contributed by atoms with Gasteiger partial charge in [0.2, 0.25) is 0 Å². The highest BCUT2D eigenvalue weighted by atomic mass is 14.2. The number of hydrogen-bond acceptors (Lipinski definition) is 0. The SMILES string of the molecule is C=Cc1ccccc1C1=Cc2ccccc21. The van der Waals surface area contributed by atoms with E-state index in [9.17, 15) is 0 Å². The van der Waals surface area contributed by atoms with Crippen molar-refractivity contribution in [2.45, 2.75) is 0 Å². The van der Waals surface area contributed by atoms with E-state index < -0.39 is 0 Å².